The van der Waals surface area contributed by atoms with E-state index in [4.69, 9.17) is 5.11 Å². The van der Waals surface area contributed by atoms with E-state index in [0.29, 0.717) is 12.0 Å². The Bertz CT molecular complexity index is 347. The van der Waals surface area contributed by atoms with E-state index < -0.39 is 5.97 Å². The molecule has 0 radical (unpaired) electrons. The molecule has 0 spiro atoms. The molecule has 0 aliphatic heterocycles. The number of carbonyl (C=O) groups is 1. The summed E-state index contributed by atoms with van der Waals surface area (Å²) in [5.74, 6) is -1.21. The zero-order valence-electron chi connectivity index (χ0n) is 7.04. The largest absolute Gasteiger partial charge is 0.507 e. The highest BCUT2D eigenvalue weighted by atomic mass is 127. The third-order valence-electron chi connectivity index (χ3n) is 1.76. The van der Waals surface area contributed by atoms with Gasteiger partial charge in [0.25, 0.3) is 0 Å². The smallest absolute Gasteiger partial charge is 0.339 e. The van der Waals surface area contributed by atoms with Crippen molar-refractivity contribution in [2.75, 3.05) is 0 Å². The summed E-state index contributed by atoms with van der Waals surface area (Å²) in [5, 5.41) is 18.2. The van der Waals surface area contributed by atoms with Gasteiger partial charge in [-0.2, -0.15) is 0 Å². The van der Waals surface area contributed by atoms with Crippen LogP contribution in [0.25, 0.3) is 0 Å². The minimum atomic E-state index is -1.09. The molecule has 13 heavy (non-hydrogen) atoms. The zero-order valence-corrected chi connectivity index (χ0v) is 9.20. The number of aromatic carboxylic acids is 1. The third-order valence-corrected chi connectivity index (χ3v) is 2.39. The highest BCUT2D eigenvalue weighted by Gasteiger charge is 2.13. The van der Waals surface area contributed by atoms with Crippen molar-refractivity contribution in [2.24, 2.45) is 0 Å². The Kier molecular flexibility index (Phi) is 3.13. The lowest BCUT2D eigenvalue weighted by Crippen LogP contribution is -1.99. The number of aromatic hydroxyl groups is 1. The molecule has 2 N–H and O–H groups in total. The number of benzene rings is 1. The molecule has 0 aliphatic carbocycles. The fourth-order valence-corrected chi connectivity index (χ4v) is 1.78. The first-order valence-corrected chi connectivity index (χ1v) is 4.88. The van der Waals surface area contributed by atoms with Crippen molar-refractivity contribution >= 4 is 28.6 Å². The molecule has 0 atom stereocenters. The van der Waals surface area contributed by atoms with Crippen molar-refractivity contribution in [3.63, 3.8) is 0 Å². The maximum absolute atomic E-state index is 10.7. The molecule has 0 heterocycles. The Morgan fingerprint density at radius 1 is 1.54 bits per heavy atom. The van der Waals surface area contributed by atoms with Gasteiger partial charge in [-0.05, 0) is 46.7 Å². The van der Waals surface area contributed by atoms with E-state index in [2.05, 4.69) is 0 Å². The van der Waals surface area contributed by atoms with Crippen molar-refractivity contribution in [3.05, 3.63) is 26.8 Å². The van der Waals surface area contributed by atoms with Gasteiger partial charge < -0.3 is 10.2 Å². The molecule has 0 bridgehead atoms. The van der Waals surface area contributed by atoms with Crippen molar-refractivity contribution in [1.29, 1.82) is 0 Å². The van der Waals surface area contributed by atoms with Crippen LogP contribution in [-0.4, -0.2) is 16.2 Å². The van der Waals surface area contributed by atoms with E-state index in [9.17, 15) is 9.90 Å². The number of rotatable bonds is 2. The first kappa shape index (κ1) is 10.3. The number of aryl methyl sites for hydroxylation is 1. The molecule has 0 aromatic heterocycles. The summed E-state index contributed by atoms with van der Waals surface area (Å²) in [6, 6.07) is 3.24. The number of phenols is 1. The molecular weight excluding hydrogens is 283 g/mol. The van der Waals surface area contributed by atoms with Gasteiger partial charge in [0.1, 0.15) is 11.3 Å². The monoisotopic (exact) mass is 292 g/mol. The first-order chi connectivity index (χ1) is 6.06. The maximum Gasteiger partial charge on any atom is 0.339 e. The highest BCUT2D eigenvalue weighted by Crippen LogP contribution is 2.25. The summed E-state index contributed by atoms with van der Waals surface area (Å²) >= 11 is 2.03. The lowest BCUT2D eigenvalue weighted by molar-refractivity contribution is 0.0693. The van der Waals surface area contributed by atoms with E-state index in [1.165, 1.54) is 6.07 Å². The highest BCUT2D eigenvalue weighted by molar-refractivity contribution is 14.1. The Balaban J connectivity index is 3.35. The summed E-state index contributed by atoms with van der Waals surface area (Å²) in [5.41, 5.74) is 0.646. The molecular formula is C9H9IO3. The van der Waals surface area contributed by atoms with Gasteiger partial charge in [0.2, 0.25) is 0 Å². The minimum Gasteiger partial charge on any atom is -0.507 e. The number of carboxylic acid groups (broad SMARTS) is 1. The molecule has 0 unspecified atom stereocenters. The van der Waals surface area contributed by atoms with Crippen LogP contribution in [-0.2, 0) is 6.42 Å². The summed E-state index contributed by atoms with van der Waals surface area (Å²) in [7, 11) is 0. The standard InChI is InChI=1S/C9H9IO3/c1-2-5-3-6(10)4-7(8(5)11)9(12)13/h3-4,11H,2H2,1H3,(H,12,13). The number of hydrogen-bond acceptors (Lipinski definition) is 2. The van der Waals surface area contributed by atoms with Crippen molar-refractivity contribution in [3.8, 4) is 5.75 Å². The summed E-state index contributed by atoms with van der Waals surface area (Å²) in [6.45, 7) is 1.87. The Morgan fingerprint density at radius 2 is 2.15 bits per heavy atom. The number of halogens is 1. The van der Waals surface area contributed by atoms with E-state index in [-0.39, 0.29) is 11.3 Å². The van der Waals surface area contributed by atoms with Gasteiger partial charge in [0.15, 0.2) is 0 Å². The summed E-state index contributed by atoms with van der Waals surface area (Å²) in [6.07, 6.45) is 0.628. The van der Waals surface area contributed by atoms with Crippen LogP contribution < -0.4 is 0 Å². The summed E-state index contributed by atoms with van der Waals surface area (Å²) in [4.78, 5) is 10.7. The van der Waals surface area contributed by atoms with Gasteiger partial charge in [0.05, 0.1) is 0 Å². The average Bonchev–Trinajstić information content (AvgIpc) is 2.08. The van der Waals surface area contributed by atoms with Gasteiger partial charge in [-0.15, -0.1) is 0 Å². The van der Waals surface area contributed by atoms with Crippen LogP contribution in [0.2, 0.25) is 0 Å². The molecule has 0 fully saturated rings. The first-order valence-electron chi connectivity index (χ1n) is 3.81. The molecule has 1 aromatic carbocycles. The Morgan fingerprint density at radius 3 is 2.62 bits per heavy atom. The topological polar surface area (TPSA) is 57.5 Å². The quantitative estimate of drug-likeness (QED) is 0.822. The lowest BCUT2D eigenvalue weighted by Gasteiger charge is -2.05. The predicted octanol–water partition coefficient (Wildman–Crippen LogP) is 2.26. The molecule has 0 aliphatic rings. The molecule has 0 saturated heterocycles. The molecule has 1 aromatic rings. The Hall–Kier alpha value is -0.780. The third kappa shape index (κ3) is 2.12. The van der Waals surface area contributed by atoms with Gasteiger partial charge in [0, 0.05) is 3.57 Å². The molecule has 0 amide bonds. The van der Waals surface area contributed by atoms with E-state index in [0.717, 1.165) is 3.57 Å². The lowest BCUT2D eigenvalue weighted by atomic mass is 10.1. The van der Waals surface area contributed by atoms with Crippen molar-refractivity contribution < 1.29 is 15.0 Å². The van der Waals surface area contributed by atoms with Crippen LogP contribution in [0.4, 0.5) is 0 Å². The second kappa shape index (κ2) is 3.95. The normalized spacial score (nSPS) is 10.0. The number of hydrogen-bond donors (Lipinski definition) is 2. The van der Waals surface area contributed by atoms with Gasteiger partial charge in [-0.25, -0.2) is 4.79 Å². The van der Waals surface area contributed by atoms with Crippen molar-refractivity contribution in [1.82, 2.24) is 0 Å². The van der Waals surface area contributed by atoms with Gasteiger partial charge in [-0.3, -0.25) is 0 Å². The van der Waals surface area contributed by atoms with Crippen LogP contribution in [0.3, 0.4) is 0 Å². The number of carboxylic acids is 1. The van der Waals surface area contributed by atoms with Gasteiger partial charge in [-0.1, -0.05) is 6.92 Å². The molecule has 4 heteroatoms. The molecule has 3 nitrogen and oxygen atoms in total. The maximum atomic E-state index is 10.7. The molecule has 1 rings (SSSR count). The fraction of sp³-hybridized carbons (Fsp3) is 0.222. The van der Waals surface area contributed by atoms with E-state index in [1.54, 1.807) is 6.07 Å². The van der Waals surface area contributed by atoms with Crippen molar-refractivity contribution in [2.45, 2.75) is 13.3 Å². The zero-order chi connectivity index (χ0) is 10.0. The van der Waals surface area contributed by atoms with Crippen LogP contribution in [0.1, 0.15) is 22.8 Å². The SMILES string of the molecule is CCc1cc(I)cc(C(=O)O)c1O. The predicted molar refractivity (Wildman–Crippen MR) is 57.2 cm³/mol. The van der Waals surface area contributed by atoms with E-state index in [1.807, 2.05) is 29.5 Å². The van der Waals surface area contributed by atoms with Gasteiger partial charge >= 0.3 is 5.97 Å². The van der Waals surface area contributed by atoms with Crippen LogP contribution >= 0.6 is 22.6 Å². The molecule has 70 valence electrons. The minimum absolute atomic E-state index is 0.0243. The molecule has 0 saturated carbocycles. The summed E-state index contributed by atoms with van der Waals surface area (Å²) < 4.78 is 0.824. The van der Waals surface area contributed by atoms with Crippen LogP contribution in [0.5, 0.6) is 5.75 Å². The fourth-order valence-electron chi connectivity index (χ4n) is 1.09. The van der Waals surface area contributed by atoms with Crippen LogP contribution in [0, 0.1) is 3.57 Å². The second-order valence-corrected chi connectivity index (χ2v) is 3.87. The Labute approximate surface area is 89.5 Å². The van der Waals surface area contributed by atoms with E-state index >= 15 is 0 Å². The average molecular weight is 292 g/mol. The van der Waals surface area contributed by atoms with Crippen LogP contribution in [0.15, 0.2) is 12.1 Å². The second-order valence-electron chi connectivity index (χ2n) is 2.62.